The average Bonchev–Trinajstić information content (AvgIpc) is 2.86. The van der Waals surface area contributed by atoms with Crippen LogP contribution >= 0.6 is 0 Å². The highest BCUT2D eigenvalue weighted by Crippen LogP contribution is 2.32. The third kappa shape index (κ3) is 1.97. The van der Waals surface area contributed by atoms with Crippen molar-refractivity contribution in [3.05, 3.63) is 81.0 Å². The molecule has 0 spiro atoms. The molecular weight excluding hydrogens is 297 g/mol. The number of carbonyl (C=O) groups is 1. The van der Waals surface area contributed by atoms with Crippen LogP contribution in [0.15, 0.2) is 51.7 Å². The second kappa shape index (κ2) is 4.78. The zero-order chi connectivity index (χ0) is 16.1. The Morgan fingerprint density at radius 3 is 2.70 bits per heavy atom. The van der Waals surface area contributed by atoms with Crippen LogP contribution in [-0.2, 0) is 0 Å². The molecule has 2 aromatic carbocycles. The molecule has 0 saturated heterocycles. The number of hydrogen-bond donors (Lipinski definition) is 1. The predicted molar refractivity (Wildman–Crippen MR) is 82.9 cm³/mol. The van der Waals surface area contributed by atoms with Crippen molar-refractivity contribution in [3.63, 3.8) is 0 Å². The lowest BCUT2D eigenvalue weighted by atomic mass is 9.98. The van der Waals surface area contributed by atoms with Crippen LogP contribution in [0.1, 0.15) is 33.3 Å². The third-order valence-corrected chi connectivity index (χ3v) is 4.07. The minimum absolute atomic E-state index is 0.0420. The molecule has 1 amide bonds. The predicted octanol–water partition coefficient (Wildman–Crippen LogP) is 3.07. The number of nitrogens with one attached hydrogen (secondary N) is 1. The number of aryl methyl sites for hydroxylation is 1. The quantitative estimate of drug-likeness (QED) is 0.751. The number of rotatable bonds is 1. The Morgan fingerprint density at radius 1 is 1.13 bits per heavy atom. The van der Waals surface area contributed by atoms with E-state index in [9.17, 15) is 14.0 Å². The minimum atomic E-state index is -0.833. The van der Waals surface area contributed by atoms with Crippen LogP contribution in [0.2, 0.25) is 0 Å². The lowest BCUT2D eigenvalue weighted by Crippen LogP contribution is -2.22. The maximum atomic E-state index is 14.1. The summed E-state index contributed by atoms with van der Waals surface area (Å²) in [6.07, 6.45) is 0. The number of amides is 1. The van der Waals surface area contributed by atoms with E-state index in [1.165, 1.54) is 6.07 Å². The first kappa shape index (κ1) is 13.7. The van der Waals surface area contributed by atoms with Crippen LogP contribution in [0.4, 0.5) is 4.39 Å². The number of hydrogen-bond acceptors (Lipinski definition) is 3. The summed E-state index contributed by atoms with van der Waals surface area (Å²) in [5, 5.41) is 3.02. The molecule has 3 aromatic rings. The summed E-state index contributed by atoms with van der Waals surface area (Å²) in [4.78, 5) is 25.0. The molecule has 1 N–H and O–H groups in total. The van der Waals surface area contributed by atoms with E-state index in [2.05, 4.69) is 5.32 Å². The fourth-order valence-electron chi connectivity index (χ4n) is 2.97. The molecule has 1 aromatic heterocycles. The van der Waals surface area contributed by atoms with E-state index in [1.807, 2.05) is 6.92 Å². The zero-order valence-corrected chi connectivity index (χ0v) is 12.2. The van der Waals surface area contributed by atoms with Gasteiger partial charge in [0.2, 0.25) is 5.76 Å². The summed E-state index contributed by atoms with van der Waals surface area (Å²) in [5.74, 6) is -1.03. The Labute approximate surface area is 130 Å². The Bertz CT molecular complexity index is 1020. The van der Waals surface area contributed by atoms with Crippen LogP contribution in [0.5, 0.6) is 0 Å². The van der Waals surface area contributed by atoms with Gasteiger partial charge in [-0.1, -0.05) is 29.8 Å². The standard InChI is InChI=1S/C18H12FNO3/c1-9-6-7-13-11(8-9)16(21)14-15(20-18(22)17(14)23-13)10-4-2-3-5-12(10)19/h2-8,15H,1H3,(H,20,22). The Morgan fingerprint density at radius 2 is 1.91 bits per heavy atom. The number of fused-ring (bicyclic) bond motifs is 2. The van der Waals surface area contributed by atoms with Gasteiger partial charge in [-0.15, -0.1) is 0 Å². The van der Waals surface area contributed by atoms with Gasteiger partial charge in [0.1, 0.15) is 11.4 Å². The van der Waals surface area contributed by atoms with Crippen LogP contribution in [0.25, 0.3) is 11.0 Å². The van der Waals surface area contributed by atoms with Crippen molar-refractivity contribution in [1.29, 1.82) is 0 Å². The van der Waals surface area contributed by atoms with E-state index in [1.54, 1.807) is 36.4 Å². The van der Waals surface area contributed by atoms with Crippen molar-refractivity contribution in [2.75, 3.05) is 0 Å². The molecule has 0 saturated carbocycles. The summed E-state index contributed by atoms with van der Waals surface area (Å²) in [5.41, 5.74) is 1.36. The van der Waals surface area contributed by atoms with Gasteiger partial charge < -0.3 is 9.73 Å². The van der Waals surface area contributed by atoms with Crippen LogP contribution in [0, 0.1) is 12.7 Å². The second-order valence-corrected chi connectivity index (χ2v) is 5.60. The van der Waals surface area contributed by atoms with Crippen molar-refractivity contribution in [1.82, 2.24) is 5.32 Å². The van der Waals surface area contributed by atoms with E-state index >= 15 is 0 Å². The third-order valence-electron chi connectivity index (χ3n) is 4.07. The smallest absolute Gasteiger partial charge is 0.288 e. The van der Waals surface area contributed by atoms with Gasteiger partial charge in [-0.3, -0.25) is 9.59 Å². The molecule has 1 atom stereocenters. The number of benzene rings is 2. The lowest BCUT2D eigenvalue weighted by molar-refractivity contribution is 0.0937. The summed E-state index contributed by atoms with van der Waals surface area (Å²) >= 11 is 0. The van der Waals surface area contributed by atoms with Crippen molar-refractivity contribution >= 4 is 16.9 Å². The molecule has 4 rings (SSSR count). The van der Waals surface area contributed by atoms with E-state index < -0.39 is 17.8 Å². The van der Waals surface area contributed by atoms with Crippen molar-refractivity contribution in [2.45, 2.75) is 13.0 Å². The van der Waals surface area contributed by atoms with E-state index in [4.69, 9.17) is 4.42 Å². The van der Waals surface area contributed by atoms with Crippen molar-refractivity contribution in [3.8, 4) is 0 Å². The maximum absolute atomic E-state index is 14.1. The second-order valence-electron chi connectivity index (χ2n) is 5.60. The van der Waals surface area contributed by atoms with Crippen LogP contribution in [0.3, 0.4) is 0 Å². The molecule has 1 unspecified atom stereocenters. The van der Waals surface area contributed by atoms with E-state index in [0.717, 1.165) is 5.56 Å². The minimum Gasteiger partial charge on any atom is -0.450 e. The Balaban J connectivity index is 2.04. The van der Waals surface area contributed by atoms with Gasteiger partial charge in [0.05, 0.1) is 17.0 Å². The van der Waals surface area contributed by atoms with Gasteiger partial charge in [-0.05, 0) is 25.1 Å². The molecule has 2 heterocycles. The fraction of sp³-hybridized carbons (Fsp3) is 0.111. The van der Waals surface area contributed by atoms with E-state index in [-0.39, 0.29) is 22.3 Å². The summed E-state index contributed by atoms with van der Waals surface area (Å²) in [7, 11) is 0. The Kier molecular flexibility index (Phi) is 2.84. The molecule has 4 nitrogen and oxygen atoms in total. The van der Waals surface area contributed by atoms with Gasteiger partial charge in [-0.25, -0.2) is 4.39 Å². The molecule has 1 aliphatic heterocycles. The first-order chi connectivity index (χ1) is 11.1. The van der Waals surface area contributed by atoms with Crippen LogP contribution < -0.4 is 10.7 Å². The molecule has 0 radical (unpaired) electrons. The average molecular weight is 309 g/mol. The number of carbonyl (C=O) groups excluding carboxylic acids is 1. The number of halogens is 1. The monoisotopic (exact) mass is 309 g/mol. The zero-order valence-electron chi connectivity index (χ0n) is 12.2. The summed E-state index contributed by atoms with van der Waals surface area (Å²) in [6, 6.07) is 10.4. The summed E-state index contributed by atoms with van der Waals surface area (Å²) in [6.45, 7) is 1.86. The lowest BCUT2D eigenvalue weighted by Gasteiger charge is -2.12. The normalized spacial score (nSPS) is 16.4. The fourth-order valence-corrected chi connectivity index (χ4v) is 2.97. The highest BCUT2D eigenvalue weighted by Gasteiger charge is 2.36. The SMILES string of the molecule is Cc1ccc2oc3c(c(=O)c2c1)C(c1ccccc1F)NC3=O. The Hall–Kier alpha value is -2.95. The van der Waals surface area contributed by atoms with Gasteiger partial charge in [0.25, 0.3) is 5.91 Å². The van der Waals surface area contributed by atoms with Gasteiger partial charge in [0.15, 0.2) is 5.43 Å². The highest BCUT2D eigenvalue weighted by molar-refractivity contribution is 5.99. The summed E-state index contributed by atoms with van der Waals surface area (Å²) < 4.78 is 19.7. The van der Waals surface area contributed by atoms with Crippen LogP contribution in [-0.4, -0.2) is 5.91 Å². The first-order valence-electron chi connectivity index (χ1n) is 7.19. The van der Waals surface area contributed by atoms with Gasteiger partial charge in [0, 0.05) is 5.56 Å². The van der Waals surface area contributed by atoms with Crippen molar-refractivity contribution in [2.24, 2.45) is 0 Å². The van der Waals surface area contributed by atoms with E-state index in [0.29, 0.717) is 11.0 Å². The van der Waals surface area contributed by atoms with Gasteiger partial charge >= 0.3 is 0 Å². The van der Waals surface area contributed by atoms with Crippen molar-refractivity contribution < 1.29 is 13.6 Å². The molecule has 23 heavy (non-hydrogen) atoms. The topological polar surface area (TPSA) is 59.3 Å². The first-order valence-corrected chi connectivity index (χ1v) is 7.19. The largest absolute Gasteiger partial charge is 0.450 e. The van der Waals surface area contributed by atoms with Gasteiger partial charge in [-0.2, -0.15) is 0 Å². The molecule has 0 aliphatic carbocycles. The molecule has 0 fully saturated rings. The molecular formula is C18H12FNO3. The molecule has 114 valence electrons. The molecule has 1 aliphatic rings. The molecule has 5 heteroatoms. The molecule has 0 bridgehead atoms. The highest BCUT2D eigenvalue weighted by atomic mass is 19.1. The maximum Gasteiger partial charge on any atom is 0.288 e.